The van der Waals surface area contributed by atoms with Crippen LogP contribution in [0, 0.1) is 0 Å². The number of rotatable bonds is 11. The zero-order valence-electron chi connectivity index (χ0n) is 11.9. The van der Waals surface area contributed by atoms with Gasteiger partial charge in [0, 0.05) is 0 Å². The van der Waals surface area contributed by atoms with Crippen LogP contribution >= 0.6 is 0 Å². The Morgan fingerprint density at radius 1 is 0.688 bits per heavy atom. The van der Waals surface area contributed by atoms with Crippen LogP contribution in [0.15, 0.2) is 0 Å². The molecule has 0 unspecified atom stereocenters. The van der Waals surface area contributed by atoms with E-state index in [1.807, 2.05) is 0 Å². The first-order chi connectivity index (χ1) is 7.74. The normalized spacial score (nSPS) is 12.0. The second-order valence-corrected chi connectivity index (χ2v) is 15.3. The number of hydrogen-bond acceptors (Lipinski definition) is 1. The van der Waals surface area contributed by atoms with Crippen molar-refractivity contribution in [3.05, 3.63) is 0 Å². The molecule has 2 heteroatoms. The molecule has 16 heavy (non-hydrogen) atoms. The summed E-state index contributed by atoms with van der Waals surface area (Å²) in [6.07, 6.45) is 8.21. The van der Waals surface area contributed by atoms with Crippen LogP contribution in [0.1, 0.15) is 66.2 Å². The topological polar surface area (TPSA) is 9.23 Å². The molecule has 0 aliphatic rings. The van der Waals surface area contributed by atoms with Crippen LogP contribution in [0.25, 0.3) is 0 Å². The summed E-state index contributed by atoms with van der Waals surface area (Å²) in [5.41, 5.74) is 0. The van der Waals surface area contributed by atoms with E-state index < -0.39 is 19.2 Å². The third-order valence-corrected chi connectivity index (χ3v) is 15.1. The standard InChI is InChI=1S/3C4H9.C2H5O.Sb/c3*1-3-4-2;1-2-3;/h3*1,3-4H2,2H3;2H2,1H3;/q;;;-1;+1. The molecule has 0 aliphatic heterocycles. The van der Waals surface area contributed by atoms with E-state index in [9.17, 15) is 0 Å². The van der Waals surface area contributed by atoms with Crippen LogP contribution in [0.2, 0.25) is 13.1 Å². The van der Waals surface area contributed by atoms with E-state index in [-0.39, 0.29) is 0 Å². The molecule has 0 saturated heterocycles. The molecule has 0 saturated carbocycles. The summed E-state index contributed by atoms with van der Waals surface area (Å²) >= 11 is -2.05. The van der Waals surface area contributed by atoms with Gasteiger partial charge in [-0.05, 0) is 0 Å². The van der Waals surface area contributed by atoms with E-state index in [1.54, 1.807) is 0 Å². The predicted molar refractivity (Wildman–Crippen MR) is 76.5 cm³/mol. The van der Waals surface area contributed by atoms with Gasteiger partial charge >= 0.3 is 108 Å². The summed E-state index contributed by atoms with van der Waals surface area (Å²) in [5, 5.41) is 0. The van der Waals surface area contributed by atoms with Crippen molar-refractivity contribution in [2.45, 2.75) is 79.3 Å². The van der Waals surface area contributed by atoms with E-state index in [2.05, 4.69) is 27.7 Å². The monoisotopic (exact) mass is 337 g/mol. The average molecular weight is 338 g/mol. The van der Waals surface area contributed by atoms with Crippen molar-refractivity contribution in [2.75, 3.05) is 6.61 Å². The molecule has 0 N–H and O–H groups in total. The maximum atomic E-state index is 6.34. The van der Waals surface area contributed by atoms with Crippen molar-refractivity contribution in [3.63, 3.8) is 0 Å². The van der Waals surface area contributed by atoms with Crippen LogP contribution in [-0.2, 0) is 3.02 Å². The van der Waals surface area contributed by atoms with E-state index in [0.717, 1.165) is 6.61 Å². The van der Waals surface area contributed by atoms with Gasteiger partial charge in [0.15, 0.2) is 0 Å². The van der Waals surface area contributed by atoms with Crippen molar-refractivity contribution in [1.29, 1.82) is 0 Å². The van der Waals surface area contributed by atoms with Gasteiger partial charge in [0.25, 0.3) is 0 Å². The molecule has 0 heterocycles. The SMILES string of the molecule is CCC[CH2][Sb]([CH2]CCC)([CH2]CCC)[O]CC. The minimum absolute atomic E-state index is 0.961. The van der Waals surface area contributed by atoms with Gasteiger partial charge in [-0.1, -0.05) is 0 Å². The Bertz CT molecular complexity index is 126. The molecule has 0 fully saturated rings. The quantitative estimate of drug-likeness (QED) is 0.460. The zero-order valence-corrected chi connectivity index (χ0v) is 14.5. The molecule has 0 aromatic carbocycles. The second-order valence-electron chi connectivity index (χ2n) is 4.71. The minimum atomic E-state index is -2.05. The Labute approximate surface area is 108 Å². The summed E-state index contributed by atoms with van der Waals surface area (Å²) in [5.74, 6) is 0. The Morgan fingerprint density at radius 3 is 1.31 bits per heavy atom. The van der Waals surface area contributed by atoms with Gasteiger partial charge in [-0.2, -0.15) is 0 Å². The van der Waals surface area contributed by atoms with Gasteiger partial charge in [-0.3, -0.25) is 0 Å². The van der Waals surface area contributed by atoms with Crippen molar-refractivity contribution in [1.82, 2.24) is 0 Å². The maximum absolute atomic E-state index is 6.34. The average Bonchev–Trinajstić information content (AvgIpc) is 2.31. The fourth-order valence-corrected chi connectivity index (χ4v) is 14.4. The van der Waals surface area contributed by atoms with Crippen LogP contribution in [0.5, 0.6) is 0 Å². The van der Waals surface area contributed by atoms with Crippen LogP contribution in [0.3, 0.4) is 0 Å². The molecule has 0 rings (SSSR count). The fourth-order valence-electron chi connectivity index (χ4n) is 2.14. The number of unbranched alkanes of at least 4 members (excludes halogenated alkanes) is 3. The first-order valence-electron chi connectivity index (χ1n) is 7.25. The van der Waals surface area contributed by atoms with Crippen LogP contribution < -0.4 is 0 Å². The molecule has 0 aromatic heterocycles. The van der Waals surface area contributed by atoms with E-state index in [0.29, 0.717) is 0 Å². The van der Waals surface area contributed by atoms with Gasteiger partial charge in [0.1, 0.15) is 0 Å². The van der Waals surface area contributed by atoms with Crippen LogP contribution in [-0.4, -0.2) is 25.8 Å². The van der Waals surface area contributed by atoms with E-state index in [1.165, 1.54) is 51.6 Å². The van der Waals surface area contributed by atoms with Gasteiger partial charge < -0.3 is 0 Å². The first-order valence-corrected chi connectivity index (χ1v) is 13.7. The molecule has 0 amide bonds. The summed E-state index contributed by atoms with van der Waals surface area (Å²) < 4.78 is 10.7. The van der Waals surface area contributed by atoms with Gasteiger partial charge in [0.2, 0.25) is 0 Å². The summed E-state index contributed by atoms with van der Waals surface area (Å²) in [6.45, 7) is 10.1. The fraction of sp³-hybridized carbons (Fsp3) is 1.00. The van der Waals surface area contributed by atoms with Crippen LogP contribution in [0.4, 0.5) is 0 Å². The summed E-state index contributed by atoms with van der Waals surface area (Å²) in [7, 11) is 0. The molecule has 0 bridgehead atoms. The Morgan fingerprint density at radius 2 is 1.06 bits per heavy atom. The van der Waals surface area contributed by atoms with Crippen molar-refractivity contribution in [3.8, 4) is 0 Å². The van der Waals surface area contributed by atoms with E-state index >= 15 is 0 Å². The third-order valence-electron chi connectivity index (χ3n) is 3.16. The molecule has 0 aliphatic carbocycles. The second kappa shape index (κ2) is 10.9. The van der Waals surface area contributed by atoms with E-state index in [4.69, 9.17) is 3.02 Å². The third kappa shape index (κ3) is 7.17. The summed E-state index contributed by atoms with van der Waals surface area (Å²) in [6, 6.07) is 0. The van der Waals surface area contributed by atoms with Gasteiger partial charge in [0.05, 0.1) is 0 Å². The molecule has 1 nitrogen and oxygen atoms in total. The molecular formula is C14H32OSb. The molecule has 1 radical (unpaired) electrons. The van der Waals surface area contributed by atoms with Crippen molar-refractivity contribution < 1.29 is 3.02 Å². The molecule has 0 spiro atoms. The molecule has 0 atom stereocenters. The van der Waals surface area contributed by atoms with Gasteiger partial charge in [-0.15, -0.1) is 0 Å². The Kier molecular flexibility index (Phi) is 11.4. The molecule has 0 aromatic rings. The summed E-state index contributed by atoms with van der Waals surface area (Å²) in [4.78, 5) is 0. The molecule has 99 valence electrons. The molecular weight excluding hydrogens is 306 g/mol. The van der Waals surface area contributed by atoms with Crippen molar-refractivity contribution >= 4 is 19.2 Å². The Balaban J connectivity index is 4.32. The first kappa shape index (κ1) is 16.8. The Hall–Kier alpha value is 0.778. The number of hydrogen-bond donors (Lipinski definition) is 0. The predicted octanol–water partition coefficient (Wildman–Crippen LogP) is 5.37. The zero-order chi connectivity index (χ0) is 12.3. The van der Waals surface area contributed by atoms with Crippen molar-refractivity contribution in [2.24, 2.45) is 0 Å². The van der Waals surface area contributed by atoms with Gasteiger partial charge in [-0.25, -0.2) is 0 Å².